The molecular weight excluding hydrogens is 326 g/mol. The maximum Gasteiger partial charge on any atom is 0.222 e. The molecule has 2 fully saturated rings. The third-order valence-electron chi connectivity index (χ3n) is 5.78. The van der Waals surface area contributed by atoms with Crippen molar-refractivity contribution in [2.24, 2.45) is 5.92 Å². The smallest absolute Gasteiger partial charge is 0.222 e. The molecule has 1 aromatic carbocycles. The van der Waals surface area contributed by atoms with Crippen LogP contribution in [-0.2, 0) is 16.1 Å². The van der Waals surface area contributed by atoms with Crippen LogP contribution in [-0.4, -0.2) is 38.7 Å². The largest absolute Gasteiger partial charge is 0.338 e. The number of hydrogen-bond donors (Lipinski definition) is 0. The summed E-state index contributed by atoms with van der Waals surface area (Å²) in [7, 11) is 0. The number of para-hydroxylation sites is 2. The fourth-order valence-corrected chi connectivity index (χ4v) is 4.16. The number of carbonyl (C=O) groups is 2. The van der Waals surface area contributed by atoms with Gasteiger partial charge >= 0.3 is 0 Å². The van der Waals surface area contributed by atoms with E-state index in [0.29, 0.717) is 31.0 Å². The highest BCUT2D eigenvalue weighted by molar-refractivity contribution is 5.84. The van der Waals surface area contributed by atoms with Gasteiger partial charge in [0, 0.05) is 37.9 Å². The van der Waals surface area contributed by atoms with Crippen molar-refractivity contribution in [3.8, 4) is 0 Å². The number of hydrogen-bond acceptors (Lipinski definition) is 3. The quantitative estimate of drug-likeness (QED) is 0.766. The minimum Gasteiger partial charge on any atom is -0.338 e. The molecule has 138 valence electrons. The molecule has 1 aliphatic carbocycles. The zero-order chi connectivity index (χ0) is 18.1. The highest BCUT2D eigenvalue weighted by Crippen LogP contribution is 2.31. The van der Waals surface area contributed by atoms with E-state index in [1.807, 2.05) is 30.0 Å². The molecule has 1 aromatic heterocycles. The molecular formula is C21H27N3O2. The zero-order valence-corrected chi connectivity index (χ0v) is 15.5. The van der Waals surface area contributed by atoms with Crippen LogP contribution in [0.3, 0.4) is 0 Å². The summed E-state index contributed by atoms with van der Waals surface area (Å²) in [5, 5.41) is 0. The number of Topliss-reactive ketones (excluding diaryl/α,β-unsaturated/α-hetero) is 1. The monoisotopic (exact) mass is 353 g/mol. The van der Waals surface area contributed by atoms with Crippen LogP contribution in [0, 0.1) is 12.8 Å². The Morgan fingerprint density at radius 2 is 1.96 bits per heavy atom. The summed E-state index contributed by atoms with van der Waals surface area (Å²) >= 11 is 0. The number of imidazole rings is 1. The van der Waals surface area contributed by atoms with Crippen molar-refractivity contribution >= 4 is 22.7 Å². The van der Waals surface area contributed by atoms with Gasteiger partial charge in [-0.2, -0.15) is 0 Å². The van der Waals surface area contributed by atoms with Gasteiger partial charge < -0.3 is 9.47 Å². The molecule has 5 heteroatoms. The Morgan fingerprint density at radius 1 is 1.15 bits per heavy atom. The molecule has 1 amide bonds. The Kier molecular flexibility index (Phi) is 4.79. The molecule has 2 aliphatic rings. The van der Waals surface area contributed by atoms with E-state index in [1.165, 1.54) is 0 Å². The molecule has 1 saturated carbocycles. The van der Waals surface area contributed by atoms with Gasteiger partial charge in [-0.1, -0.05) is 12.1 Å². The number of likely N-dealkylation sites (tertiary alicyclic amines) is 1. The number of aryl methyl sites for hydroxylation is 1. The molecule has 1 saturated heterocycles. The third-order valence-corrected chi connectivity index (χ3v) is 5.78. The van der Waals surface area contributed by atoms with Crippen LogP contribution in [0.5, 0.6) is 0 Å². The first-order valence-corrected chi connectivity index (χ1v) is 9.87. The average molecular weight is 353 g/mol. The van der Waals surface area contributed by atoms with Gasteiger partial charge in [-0.3, -0.25) is 9.59 Å². The predicted molar refractivity (Wildman–Crippen MR) is 101 cm³/mol. The molecule has 26 heavy (non-hydrogen) atoms. The Hall–Kier alpha value is -2.17. The van der Waals surface area contributed by atoms with Crippen LogP contribution in [0.25, 0.3) is 11.0 Å². The first-order chi connectivity index (χ1) is 12.6. The van der Waals surface area contributed by atoms with Crippen LogP contribution in [0.1, 0.15) is 50.8 Å². The summed E-state index contributed by atoms with van der Waals surface area (Å²) in [5.74, 6) is 1.87. The summed E-state index contributed by atoms with van der Waals surface area (Å²) in [6.07, 6.45) is 5.98. The summed E-state index contributed by atoms with van der Waals surface area (Å²) in [6, 6.07) is 8.41. The van der Waals surface area contributed by atoms with E-state index in [0.717, 1.165) is 55.6 Å². The second-order valence-corrected chi connectivity index (χ2v) is 7.74. The number of rotatable bonds is 7. The molecule has 1 aliphatic heterocycles. The molecule has 0 bridgehead atoms. The van der Waals surface area contributed by atoms with Crippen molar-refractivity contribution in [1.82, 2.24) is 14.5 Å². The van der Waals surface area contributed by atoms with Crippen LogP contribution < -0.4 is 0 Å². The van der Waals surface area contributed by atoms with Gasteiger partial charge in [-0.25, -0.2) is 4.98 Å². The first kappa shape index (κ1) is 17.3. The number of carbonyl (C=O) groups excluding carboxylic acids is 2. The number of benzene rings is 1. The number of aromatic nitrogens is 2. The van der Waals surface area contributed by atoms with E-state index in [-0.39, 0.29) is 11.9 Å². The molecule has 0 spiro atoms. The van der Waals surface area contributed by atoms with Crippen LogP contribution >= 0.6 is 0 Å². The maximum atomic E-state index is 12.7. The fourth-order valence-electron chi connectivity index (χ4n) is 4.16. The lowest BCUT2D eigenvalue weighted by molar-refractivity contribution is -0.132. The third kappa shape index (κ3) is 3.53. The minimum absolute atomic E-state index is 0.207. The summed E-state index contributed by atoms with van der Waals surface area (Å²) in [4.78, 5) is 31.2. The van der Waals surface area contributed by atoms with Crippen LogP contribution in [0.15, 0.2) is 24.3 Å². The SMILES string of the molecule is Cc1nc2ccccc2n1CC1CCCN1C(=O)CCCC(=O)C1CC1. The Labute approximate surface area is 154 Å². The first-order valence-electron chi connectivity index (χ1n) is 9.87. The lowest BCUT2D eigenvalue weighted by Crippen LogP contribution is -2.38. The van der Waals surface area contributed by atoms with E-state index < -0.39 is 0 Å². The molecule has 1 atom stereocenters. The number of nitrogens with zero attached hydrogens (tertiary/aromatic N) is 3. The topological polar surface area (TPSA) is 55.2 Å². The van der Waals surface area contributed by atoms with Gasteiger partial charge in [0.1, 0.15) is 11.6 Å². The van der Waals surface area contributed by atoms with Gasteiger partial charge in [0.2, 0.25) is 5.91 Å². The van der Waals surface area contributed by atoms with Crippen molar-refractivity contribution in [2.75, 3.05) is 6.54 Å². The lowest BCUT2D eigenvalue weighted by Gasteiger charge is -2.26. The van der Waals surface area contributed by atoms with Gasteiger partial charge in [-0.15, -0.1) is 0 Å². The molecule has 1 unspecified atom stereocenters. The fraction of sp³-hybridized carbons (Fsp3) is 0.571. The summed E-state index contributed by atoms with van der Waals surface area (Å²) in [5.41, 5.74) is 2.15. The van der Waals surface area contributed by atoms with E-state index in [9.17, 15) is 9.59 Å². The molecule has 5 nitrogen and oxygen atoms in total. The number of fused-ring (bicyclic) bond motifs is 1. The van der Waals surface area contributed by atoms with E-state index in [1.54, 1.807) is 0 Å². The highest BCUT2D eigenvalue weighted by Gasteiger charge is 2.31. The van der Waals surface area contributed by atoms with E-state index in [2.05, 4.69) is 15.6 Å². The summed E-state index contributed by atoms with van der Waals surface area (Å²) in [6.45, 7) is 3.68. The van der Waals surface area contributed by atoms with Gasteiger partial charge in [0.25, 0.3) is 0 Å². The van der Waals surface area contributed by atoms with Crippen molar-refractivity contribution in [3.63, 3.8) is 0 Å². The molecule has 2 heterocycles. The lowest BCUT2D eigenvalue weighted by atomic mass is 10.1. The standard InChI is InChI=1S/C21H27N3O2/c1-15-22-18-7-2-3-8-19(18)24(15)14-17-6-5-13-23(17)21(26)10-4-9-20(25)16-11-12-16/h2-3,7-8,16-17H,4-6,9-14H2,1H3. The van der Waals surface area contributed by atoms with Crippen molar-refractivity contribution in [1.29, 1.82) is 0 Å². The highest BCUT2D eigenvalue weighted by atomic mass is 16.2. The molecule has 0 radical (unpaired) electrons. The van der Waals surface area contributed by atoms with Gasteiger partial charge in [0.05, 0.1) is 11.0 Å². The Bertz CT molecular complexity index is 822. The second kappa shape index (κ2) is 7.22. The second-order valence-electron chi connectivity index (χ2n) is 7.74. The number of amides is 1. The predicted octanol–water partition coefficient (Wildman–Crippen LogP) is 3.49. The Balaban J connectivity index is 1.38. The van der Waals surface area contributed by atoms with Gasteiger partial charge in [0.15, 0.2) is 0 Å². The van der Waals surface area contributed by atoms with Crippen LogP contribution in [0.4, 0.5) is 0 Å². The van der Waals surface area contributed by atoms with Crippen molar-refractivity contribution in [2.45, 2.75) is 64.5 Å². The summed E-state index contributed by atoms with van der Waals surface area (Å²) < 4.78 is 2.24. The zero-order valence-electron chi connectivity index (χ0n) is 15.5. The average Bonchev–Trinajstić information content (AvgIpc) is 3.31. The molecule has 2 aromatic rings. The van der Waals surface area contributed by atoms with Crippen LogP contribution in [0.2, 0.25) is 0 Å². The minimum atomic E-state index is 0.207. The Morgan fingerprint density at radius 3 is 2.77 bits per heavy atom. The molecule has 0 N–H and O–H groups in total. The van der Waals surface area contributed by atoms with Crippen molar-refractivity contribution in [3.05, 3.63) is 30.1 Å². The van der Waals surface area contributed by atoms with E-state index >= 15 is 0 Å². The van der Waals surface area contributed by atoms with E-state index in [4.69, 9.17) is 0 Å². The maximum absolute atomic E-state index is 12.7. The van der Waals surface area contributed by atoms with Gasteiger partial charge in [-0.05, 0) is 51.2 Å². The number of ketones is 1. The molecule has 4 rings (SSSR count). The normalized spacial score (nSPS) is 20.0. The van der Waals surface area contributed by atoms with Crippen molar-refractivity contribution < 1.29 is 9.59 Å².